The number of aromatic nitrogens is 2. The van der Waals surface area contributed by atoms with Crippen molar-refractivity contribution in [2.24, 2.45) is 0 Å². The lowest BCUT2D eigenvalue weighted by Gasteiger charge is -2.34. The van der Waals surface area contributed by atoms with Gasteiger partial charge in [0.15, 0.2) is 6.29 Å². The highest BCUT2D eigenvalue weighted by molar-refractivity contribution is 5.84. The molecule has 0 N–H and O–H groups in total. The molecule has 1 unspecified atom stereocenters. The van der Waals surface area contributed by atoms with Gasteiger partial charge in [-0.05, 0) is 45.4 Å². The zero-order valence-electron chi connectivity index (χ0n) is 12.1. The van der Waals surface area contributed by atoms with E-state index in [-0.39, 0.29) is 0 Å². The Bertz CT molecular complexity index is 617. The van der Waals surface area contributed by atoms with Crippen molar-refractivity contribution < 1.29 is 4.79 Å². The van der Waals surface area contributed by atoms with Crippen LogP contribution in [-0.4, -0.2) is 39.7 Å². The first-order valence-electron chi connectivity index (χ1n) is 7.36. The zero-order chi connectivity index (χ0) is 14.1. The third kappa shape index (κ3) is 2.36. The van der Waals surface area contributed by atoms with Gasteiger partial charge in [-0.1, -0.05) is 0 Å². The summed E-state index contributed by atoms with van der Waals surface area (Å²) in [6.07, 6.45) is 7.33. The molecule has 3 rings (SSSR count). The molecule has 1 saturated heterocycles. The van der Waals surface area contributed by atoms with Gasteiger partial charge >= 0.3 is 0 Å². The Morgan fingerprint density at radius 2 is 2.30 bits per heavy atom. The van der Waals surface area contributed by atoms with Gasteiger partial charge in [0.2, 0.25) is 0 Å². The van der Waals surface area contributed by atoms with E-state index in [9.17, 15) is 4.79 Å². The maximum Gasteiger partial charge on any atom is 0.153 e. The first-order chi connectivity index (χ1) is 9.69. The fraction of sp³-hybridized carbons (Fsp3) is 0.500. The molecule has 0 spiro atoms. The van der Waals surface area contributed by atoms with E-state index in [1.54, 1.807) is 0 Å². The second-order valence-corrected chi connectivity index (χ2v) is 5.91. The summed E-state index contributed by atoms with van der Waals surface area (Å²) in [4.78, 5) is 18.3. The Balaban J connectivity index is 1.92. The second-order valence-electron chi connectivity index (χ2n) is 5.91. The summed E-state index contributed by atoms with van der Waals surface area (Å²) in [6.45, 7) is 6.74. The molecular weight excluding hydrogens is 250 g/mol. The molecule has 0 bridgehead atoms. The predicted molar refractivity (Wildman–Crippen MR) is 79.3 cm³/mol. The molecule has 1 aliphatic heterocycles. The summed E-state index contributed by atoms with van der Waals surface area (Å²) in [6, 6.07) is 4.30. The minimum atomic E-state index is 0.477. The van der Waals surface area contributed by atoms with E-state index in [2.05, 4.69) is 24.9 Å². The monoisotopic (exact) mass is 271 g/mol. The van der Waals surface area contributed by atoms with Gasteiger partial charge in [-0.3, -0.25) is 4.79 Å². The number of likely N-dealkylation sites (tertiary alicyclic amines) is 1. The molecule has 3 heterocycles. The van der Waals surface area contributed by atoms with Gasteiger partial charge in [0.1, 0.15) is 5.65 Å². The first kappa shape index (κ1) is 13.3. The minimum Gasteiger partial charge on any atom is -0.306 e. The van der Waals surface area contributed by atoms with Gasteiger partial charge in [-0.25, -0.2) is 4.98 Å². The Labute approximate surface area is 119 Å². The molecular formula is C16H21N3O. The van der Waals surface area contributed by atoms with Crippen LogP contribution >= 0.6 is 0 Å². The highest BCUT2D eigenvalue weighted by atomic mass is 16.1. The van der Waals surface area contributed by atoms with Crippen molar-refractivity contribution >= 4 is 11.9 Å². The van der Waals surface area contributed by atoms with E-state index in [1.165, 1.54) is 19.4 Å². The smallest absolute Gasteiger partial charge is 0.153 e. The van der Waals surface area contributed by atoms with Gasteiger partial charge in [0.05, 0.1) is 11.3 Å². The summed E-state index contributed by atoms with van der Waals surface area (Å²) in [5.74, 6) is 0.477. The molecule has 1 atom stereocenters. The van der Waals surface area contributed by atoms with Crippen molar-refractivity contribution in [2.45, 2.75) is 38.6 Å². The lowest BCUT2D eigenvalue weighted by Crippen LogP contribution is -2.39. The summed E-state index contributed by atoms with van der Waals surface area (Å²) >= 11 is 0. The molecule has 4 heteroatoms. The van der Waals surface area contributed by atoms with Crippen LogP contribution in [0.15, 0.2) is 24.5 Å². The Morgan fingerprint density at radius 3 is 3.05 bits per heavy atom. The third-order valence-corrected chi connectivity index (χ3v) is 4.26. The standard InChI is InChI=1S/C16H21N3O/c1-12(2)18-7-3-5-13(9-18)15-10-19-8-4-6-14(11-20)16(19)17-15/h4,6,8,10-13H,3,5,7,9H2,1-2H3. The quantitative estimate of drug-likeness (QED) is 0.806. The Morgan fingerprint density at radius 1 is 1.45 bits per heavy atom. The van der Waals surface area contributed by atoms with E-state index < -0.39 is 0 Å². The maximum absolute atomic E-state index is 11.1. The summed E-state index contributed by atoms with van der Waals surface area (Å²) in [7, 11) is 0. The van der Waals surface area contributed by atoms with Crippen molar-refractivity contribution in [3.63, 3.8) is 0 Å². The van der Waals surface area contributed by atoms with Crippen LogP contribution < -0.4 is 0 Å². The normalized spacial score (nSPS) is 20.6. The zero-order valence-corrected chi connectivity index (χ0v) is 12.1. The fourth-order valence-electron chi connectivity index (χ4n) is 3.06. The molecule has 1 aliphatic rings. The summed E-state index contributed by atoms with van der Waals surface area (Å²) in [5, 5.41) is 0. The van der Waals surface area contributed by atoms with Crippen LogP contribution in [0.1, 0.15) is 48.7 Å². The van der Waals surface area contributed by atoms with Crippen molar-refractivity contribution in [1.82, 2.24) is 14.3 Å². The van der Waals surface area contributed by atoms with Crippen LogP contribution in [0.2, 0.25) is 0 Å². The number of nitrogens with zero attached hydrogens (tertiary/aromatic N) is 3. The molecule has 0 radical (unpaired) electrons. The summed E-state index contributed by atoms with van der Waals surface area (Å²) < 4.78 is 1.97. The van der Waals surface area contributed by atoms with Crippen LogP contribution in [0, 0.1) is 0 Å². The predicted octanol–water partition coefficient (Wildman–Crippen LogP) is 2.73. The number of piperidine rings is 1. The largest absolute Gasteiger partial charge is 0.306 e. The van der Waals surface area contributed by atoms with E-state index in [4.69, 9.17) is 4.98 Å². The number of imidazole rings is 1. The number of fused-ring (bicyclic) bond motifs is 1. The number of pyridine rings is 1. The number of carbonyl (C=O) groups is 1. The Hall–Kier alpha value is -1.68. The SMILES string of the molecule is CC(C)N1CCCC(c2cn3cccc(C=O)c3n2)C1. The summed E-state index contributed by atoms with van der Waals surface area (Å²) in [5.41, 5.74) is 2.55. The fourth-order valence-corrected chi connectivity index (χ4v) is 3.06. The van der Waals surface area contributed by atoms with Crippen molar-refractivity contribution in [2.75, 3.05) is 13.1 Å². The van der Waals surface area contributed by atoms with Crippen LogP contribution in [0.5, 0.6) is 0 Å². The number of hydrogen-bond donors (Lipinski definition) is 0. The van der Waals surface area contributed by atoms with Crippen LogP contribution in [0.4, 0.5) is 0 Å². The molecule has 0 aromatic carbocycles. The van der Waals surface area contributed by atoms with E-state index in [0.29, 0.717) is 17.5 Å². The van der Waals surface area contributed by atoms with Crippen LogP contribution in [0.25, 0.3) is 5.65 Å². The highest BCUT2D eigenvalue weighted by Crippen LogP contribution is 2.27. The van der Waals surface area contributed by atoms with Gasteiger partial charge in [0, 0.05) is 30.9 Å². The number of carbonyl (C=O) groups excluding carboxylic acids is 1. The lowest BCUT2D eigenvalue weighted by atomic mass is 9.94. The molecule has 0 aliphatic carbocycles. The lowest BCUT2D eigenvalue weighted by molar-refractivity contribution is 0.112. The van der Waals surface area contributed by atoms with E-state index in [1.807, 2.05) is 22.7 Å². The molecule has 1 fully saturated rings. The third-order valence-electron chi connectivity index (χ3n) is 4.26. The van der Waals surface area contributed by atoms with Crippen LogP contribution in [-0.2, 0) is 0 Å². The average Bonchev–Trinajstić information content (AvgIpc) is 2.91. The van der Waals surface area contributed by atoms with Gasteiger partial charge in [-0.2, -0.15) is 0 Å². The van der Waals surface area contributed by atoms with Gasteiger partial charge in [0.25, 0.3) is 0 Å². The molecule has 20 heavy (non-hydrogen) atoms. The number of hydrogen-bond acceptors (Lipinski definition) is 3. The minimum absolute atomic E-state index is 0.477. The van der Waals surface area contributed by atoms with Crippen molar-refractivity contribution in [1.29, 1.82) is 0 Å². The van der Waals surface area contributed by atoms with E-state index in [0.717, 1.165) is 24.2 Å². The highest BCUT2D eigenvalue weighted by Gasteiger charge is 2.24. The van der Waals surface area contributed by atoms with Gasteiger partial charge < -0.3 is 9.30 Å². The molecule has 0 saturated carbocycles. The van der Waals surface area contributed by atoms with Crippen molar-refractivity contribution in [3.05, 3.63) is 35.8 Å². The second kappa shape index (κ2) is 5.37. The molecule has 4 nitrogen and oxygen atoms in total. The van der Waals surface area contributed by atoms with E-state index >= 15 is 0 Å². The molecule has 106 valence electrons. The number of aldehydes is 1. The molecule has 0 amide bonds. The van der Waals surface area contributed by atoms with Crippen LogP contribution in [0.3, 0.4) is 0 Å². The number of rotatable bonds is 3. The first-order valence-corrected chi connectivity index (χ1v) is 7.36. The molecule has 2 aromatic heterocycles. The van der Waals surface area contributed by atoms with Crippen molar-refractivity contribution in [3.8, 4) is 0 Å². The average molecular weight is 271 g/mol. The van der Waals surface area contributed by atoms with Gasteiger partial charge in [-0.15, -0.1) is 0 Å². The topological polar surface area (TPSA) is 37.6 Å². The molecule has 2 aromatic rings. The maximum atomic E-state index is 11.1. The Kier molecular flexibility index (Phi) is 3.57.